The summed E-state index contributed by atoms with van der Waals surface area (Å²) in [7, 11) is 0. The highest BCUT2D eigenvalue weighted by Gasteiger charge is 2.14. The third-order valence-corrected chi connectivity index (χ3v) is 1.50. The first-order valence-electron chi connectivity index (χ1n) is 3.67. The number of hydrogen-bond donors (Lipinski definition) is 1. The molecule has 0 saturated carbocycles. The van der Waals surface area contributed by atoms with Crippen molar-refractivity contribution in [2.75, 3.05) is 0 Å². The Labute approximate surface area is 62.0 Å². The Kier molecular flexibility index (Phi) is 1.79. The van der Waals surface area contributed by atoms with E-state index in [-0.39, 0.29) is 5.54 Å². The fraction of sp³-hybridized carbons (Fsp3) is 0.625. The molecule has 1 rings (SSSR count). The Morgan fingerprint density at radius 1 is 1.60 bits per heavy atom. The van der Waals surface area contributed by atoms with Crippen LogP contribution in [0.15, 0.2) is 17.3 Å². The maximum absolute atomic E-state index is 4.45. The van der Waals surface area contributed by atoms with Crippen LogP contribution in [0.3, 0.4) is 0 Å². The maximum Gasteiger partial charge on any atom is 0.101 e. The normalized spacial score (nSPS) is 21.7. The Bertz CT molecular complexity index is 178. The topological polar surface area (TPSA) is 24.4 Å². The maximum atomic E-state index is 4.45. The van der Waals surface area contributed by atoms with E-state index >= 15 is 0 Å². The van der Waals surface area contributed by atoms with Crippen molar-refractivity contribution in [2.24, 2.45) is 4.99 Å². The van der Waals surface area contributed by atoms with Gasteiger partial charge in [-0.05, 0) is 19.9 Å². The van der Waals surface area contributed by atoms with E-state index in [1.165, 1.54) is 0 Å². The highest BCUT2D eigenvalue weighted by molar-refractivity contribution is 5.84. The van der Waals surface area contributed by atoms with Crippen molar-refractivity contribution in [3.05, 3.63) is 12.3 Å². The summed E-state index contributed by atoms with van der Waals surface area (Å²) in [5.74, 6) is 1.08. The van der Waals surface area contributed by atoms with E-state index in [0.29, 0.717) is 0 Å². The standard InChI is InChI=1S/C8H14N2/c1-4-7-9-6-5-8(2,3)10-7/h5-6H,4H2,1-3H3,(H,9,10). The van der Waals surface area contributed by atoms with Gasteiger partial charge in [0.15, 0.2) is 0 Å². The lowest BCUT2D eigenvalue weighted by Gasteiger charge is -2.21. The molecular weight excluding hydrogens is 124 g/mol. The zero-order valence-corrected chi connectivity index (χ0v) is 6.81. The lowest BCUT2D eigenvalue weighted by Crippen LogP contribution is -2.28. The van der Waals surface area contributed by atoms with Crippen LogP contribution in [0.5, 0.6) is 0 Å². The quantitative estimate of drug-likeness (QED) is 0.586. The number of nitrogens with zero attached hydrogens (tertiary/aromatic N) is 1. The largest absolute Gasteiger partial charge is 0.351 e. The van der Waals surface area contributed by atoms with Crippen molar-refractivity contribution in [3.63, 3.8) is 0 Å². The molecule has 0 unspecified atom stereocenters. The third kappa shape index (κ3) is 1.59. The number of hydrogen-bond acceptors (Lipinski definition) is 2. The molecule has 0 radical (unpaired) electrons. The zero-order chi connectivity index (χ0) is 7.61. The first-order chi connectivity index (χ1) is 4.64. The number of amidine groups is 1. The molecule has 0 aliphatic carbocycles. The van der Waals surface area contributed by atoms with Crippen LogP contribution >= 0.6 is 0 Å². The summed E-state index contributed by atoms with van der Waals surface area (Å²) in [5.41, 5.74) is -0.00338. The second kappa shape index (κ2) is 2.45. The van der Waals surface area contributed by atoms with Crippen LogP contribution in [0, 0.1) is 0 Å². The minimum absolute atomic E-state index is 0.00338. The predicted molar refractivity (Wildman–Crippen MR) is 44.1 cm³/mol. The van der Waals surface area contributed by atoms with Crippen molar-refractivity contribution in [1.29, 1.82) is 0 Å². The lowest BCUT2D eigenvalue weighted by atomic mass is 10.1. The second-order valence-corrected chi connectivity index (χ2v) is 3.04. The van der Waals surface area contributed by atoms with Crippen molar-refractivity contribution in [1.82, 2.24) is 5.32 Å². The van der Waals surface area contributed by atoms with Gasteiger partial charge in [0.1, 0.15) is 5.84 Å². The number of nitrogens with one attached hydrogen (secondary N) is 1. The number of rotatable bonds is 1. The fourth-order valence-corrected chi connectivity index (χ4v) is 0.940. The van der Waals surface area contributed by atoms with Crippen LogP contribution in [0.1, 0.15) is 27.2 Å². The van der Waals surface area contributed by atoms with Gasteiger partial charge in [0.2, 0.25) is 0 Å². The average Bonchev–Trinajstić information content (AvgIpc) is 1.86. The predicted octanol–water partition coefficient (Wildman–Crippen LogP) is 1.69. The Hall–Kier alpha value is -0.790. The molecule has 0 spiro atoms. The van der Waals surface area contributed by atoms with Crippen LogP contribution in [0.4, 0.5) is 0 Å². The highest BCUT2D eigenvalue weighted by Crippen LogP contribution is 2.13. The van der Waals surface area contributed by atoms with Crippen molar-refractivity contribution < 1.29 is 0 Å². The smallest absolute Gasteiger partial charge is 0.101 e. The first-order valence-corrected chi connectivity index (χ1v) is 3.67. The summed E-state index contributed by atoms with van der Waals surface area (Å²) in [4.78, 5) is 4.45. The van der Waals surface area contributed by atoms with Crippen LogP contribution in [-0.4, -0.2) is 11.4 Å². The highest BCUT2D eigenvalue weighted by atomic mass is 15.0. The summed E-state index contributed by atoms with van der Waals surface area (Å²) in [5, 5.41) is 3.09. The molecule has 0 amide bonds. The van der Waals surface area contributed by atoms with Gasteiger partial charge in [-0.25, -0.2) is 0 Å². The molecule has 10 heavy (non-hydrogen) atoms. The molecule has 0 fully saturated rings. The van der Waals surface area contributed by atoms with E-state index in [1.807, 2.05) is 6.20 Å². The Morgan fingerprint density at radius 3 is 2.70 bits per heavy atom. The van der Waals surface area contributed by atoms with Gasteiger partial charge in [-0.1, -0.05) is 6.92 Å². The van der Waals surface area contributed by atoms with Gasteiger partial charge in [-0.2, -0.15) is 0 Å². The zero-order valence-electron chi connectivity index (χ0n) is 6.81. The van der Waals surface area contributed by atoms with E-state index in [0.717, 1.165) is 12.3 Å². The van der Waals surface area contributed by atoms with Gasteiger partial charge in [-0.3, -0.25) is 4.99 Å². The van der Waals surface area contributed by atoms with Gasteiger partial charge in [0.25, 0.3) is 0 Å². The molecule has 0 aromatic rings. The van der Waals surface area contributed by atoms with E-state index in [4.69, 9.17) is 0 Å². The molecule has 2 heteroatoms. The first kappa shape index (κ1) is 7.32. The van der Waals surface area contributed by atoms with Crippen molar-refractivity contribution >= 4 is 5.84 Å². The van der Waals surface area contributed by atoms with Crippen molar-refractivity contribution in [3.8, 4) is 0 Å². The summed E-state index contributed by atoms with van der Waals surface area (Å²) < 4.78 is 0. The van der Waals surface area contributed by atoms with Crippen LogP contribution in [0.25, 0.3) is 0 Å². The molecule has 2 nitrogen and oxygen atoms in total. The Balaban J connectivity index is 2.73. The molecule has 0 saturated heterocycles. The molecule has 0 aromatic heterocycles. The minimum Gasteiger partial charge on any atom is -0.351 e. The molecule has 0 atom stereocenters. The van der Waals surface area contributed by atoms with Gasteiger partial charge in [0.05, 0.1) is 5.54 Å². The molecule has 0 aromatic carbocycles. The fourth-order valence-electron chi connectivity index (χ4n) is 0.940. The third-order valence-electron chi connectivity index (χ3n) is 1.50. The van der Waals surface area contributed by atoms with Crippen LogP contribution in [0.2, 0.25) is 0 Å². The molecule has 0 bridgehead atoms. The van der Waals surface area contributed by atoms with E-state index in [2.05, 4.69) is 37.2 Å². The minimum atomic E-state index is -0.00338. The molecule has 1 N–H and O–H groups in total. The van der Waals surface area contributed by atoms with E-state index in [9.17, 15) is 0 Å². The molecular formula is C8H14N2. The van der Waals surface area contributed by atoms with E-state index in [1.54, 1.807) is 0 Å². The monoisotopic (exact) mass is 138 g/mol. The molecule has 1 aliphatic rings. The second-order valence-electron chi connectivity index (χ2n) is 3.04. The van der Waals surface area contributed by atoms with Gasteiger partial charge >= 0.3 is 0 Å². The summed E-state index contributed by atoms with van der Waals surface area (Å²) in [6.45, 7) is 6.29. The molecule has 1 heterocycles. The molecule has 56 valence electrons. The van der Waals surface area contributed by atoms with Crippen LogP contribution < -0.4 is 5.32 Å². The van der Waals surface area contributed by atoms with Crippen LogP contribution in [-0.2, 0) is 0 Å². The van der Waals surface area contributed by atoms with Gasteiger partial charge < -0.3 is 5.32 Å². The molecule has 1 aliphatic heterocycles. The van der Waals surface area contributed by atoms with Gasteiger partial charge in [0, 0.05) is 12.6 Å². The van der Waals surface area contributed by atoms with E-state index < -0.39 is 0 Å². The SMILES string of the molecule is CCC1=NC(C)(C)C=CN1. The number of aliphatic imine (C=N–C) groups is 1. The lowest BCUT2D eigenvalue weighted by molar-refractivity contribution is 0.637. The van der Waals surface area contributed by atoms with Gasteiger partial charge in [-0.15, -0.1) is 0 Å². The summed E-state index contributed by atoms with van der Waals surface area (Å²) >= 11 is 0. The summed E-state index contributed by atoms with van der Waals surface area (Å²) in [6.07, 6.45) is 5.01. The summed E-state index contributed by atoms with van der Waals surface area (Å²) in [6, 6.07) is 0. The average molecular weight is 138 g/mol. The Morgan fingerprint density at radius 2 is 2.30 bits per heavy atom. The van der Waals surface area contributed by atoms with Crippen molar-refractivity contribution in [2.45, 2.75) is 32.7 Å².